The number of nitrogens with zero attached hydrogens (tertiary/aromatic N) is 4. The van der Waals surface area contributed by atoms with Gasteiger partial charge in [0.1, 0.15) is 23.5 Å². The summed E-state index contributed by atoms with van der Waals surface area (Å²) in [6.07, 6.45) is 5.42. The van der Waals surface area contributed by atoms with Crippen molar-refractivity contribution in [2.24, 2.45) is 11.1 Å². The highest BCUT2D eigenvalue weighted by Crippen LogP contribution is 2.39. The van der Waals surface area contributed by atoms with E-state index in [1.165, 1.54) is 18.3 Å². The summed E-state index contributed by atoms with van der Waals surface area (Å²) in [6.45, 7) is 6.85. The SMILES string of the molecule is CC(C)(C)CNc1c(C#N)cnc2c(C#N)cc(N[C@H](C3=CN(C4(C(N)=O)CCC4)NN3)c3ccc(F)cc3)cc12. The van der Waals surface area contributed by atoms with Crippen LogP contribution in [0.5, 0.6) is 0 Å². The van der Waals surface area contributed by atoms with Gasteiger partial charge in [0, 0.05) is 30.0 Å². The average Bonchev–Trinajstić information content (AvgIpc) is 3.38. The maximum Gasteiger partial charge on any atom is 0.244 e. The van der Waals surface area contributed by atoms with E-state index in [0.717, 1.165) is 12.0 Å². The molecule has 1 aliphatic heterocycles. The number of anilines is 2. The van der Waals surface area contributed by atoms with Crippen molar-refractivity contribution in [3.63, 3.8) is 0 Å². The molecule has 1 saturated carbocycles. The summed E-state index contributed by atoms with van der Waals surface area (Å²) in [5, 5.41) is 29.0. The van der Waals surface area contributed by atoms with Crippen molar-refractivity contribution in [2.45, 2.75) is 51.6 Å². The lowest BCUT2D eigenvalue weighted by atomic mass is 9.75. The fourth-order valence-electron chi connectivity index (χ4n) is 5.09. The third-order valence-corrected chi connectivity index (χ3v) is 7.52. The lowest BCUT2D eigenvalue weighted by molar-refractivity contribution is -0.136. The van der Waals surface area contributed by atoms with Gasteiger partial charge in [-0.25, -0.2) is 4.39 Å². The summed E-state index contributed by atoms with van der Waals surface area (Å²) >= 11 is 0. The minimum Gasteiger partial charge on any atom is -0.383 e. The molecule has 2 aliphatic rings. The predicted molar refractivity (Wildman–Crippen MR) is 154 cm³/mol. The normalized spacial score (nSPS) is 16.5. The third-order valence-electron chi connectivity index (χ3n) is 7.52. The van der Waals surface area contributed by atoms with Crippen LogP contribution < -0.4 is 27.3 Å². The van der Waals surface area contributed by atoms with Crippen LogP contribution in [0.3, 0.4) is 0 Å². The zero-order valence-electron chi connectivity index (χ0n) is 23.2. The number of hydrogen-bond donors (Lipinski definition) is 5. The average molecular weight is 554 g/mol. The zero-order valence-corrected chi connectivity index (χ0v) is 23.2. The molecule has 1 atom stereocenters. The largest absolute Gasteiger partial charge is 0.383 e. The maximum absolute atomic E-state index is 13.9. The van der Waals surface area contributed by atoms with Crippen molar-refractivity contribution in [2.75, 3.05) is 17.2 Å². The molecule has 5 rings (SSSR count). The van der Waals surface area contributed by atoms with Gasteiger partial charge in [0.05, 0.1) is 34.1 Å². The summed E-state index contributed by atoms with van der Waals surface area (Å²) in [4.78, 5) is 16.7. The molecule has 1 aliphatic carbocycles. The van der Waals surface area contributed by atoms with Gasteiger partial charge in [-0.3, -0.25) is 14.8 Å². The van der Waals surface area contributed by atoms with Crippen molar-refractivity contribution in [1.82, 2.24) is 21.0 Å². The number of carbonyl (C=O) groups excluding carboxylic acids is 1. The van der Waals surface area contributed by atoms with Gasteiger partial charge in [0.15, 0.2) is 0 Å². The van der Waals surface area contributed by atoms with Crippen LogP contribution in [0.1, 0.15) is 62.8 Å². The number of nitrogens with one attached hydrogen (secondary N) is 4. The molecule has 11 heteroatoms. The Morgan fingerprint density at radius 2 is 1.90 bits per heavy atom. The highest BCUT2D eigenvalue weighted by Gasteiger charge is 2.49. The van der Waals surface area contributed by atoms with Gasteiger partial charge >= 0.3 is 0 Å². The fourth-order valence-corrected chi connectivity index (χ4v) is 5.09. The van der Waals surface area contributed by atoms with E-state index in [1.54, 1.807) is 29.4 Å². The smallest absolute Gasteiger partial charge is 0.244 e. The van der Waals surface area contributed by atoms with Crippen LogP contribution in [0.4, 0.5) is 15.8 Å². The molecule has 210 valence electrons. The molecule has 1 fully saturated rings. The molecule has 0 bridgehead atoms. The molecule has 0 spiro atoms. The summed E-state index contributed by atoms with van der Waals surface area (Å²) < 4.78 is 13.9. The third kappa shape index (κ3) is 5.32. The molecule has 1 aromatic heterocycles. The van der Waals surface area contributed by atoms with Crippen LogP contribution in [0, 0.1) is 33.9 Å². The second-order valence-electron chi connectivity index (χ2n) is 11.7. The number of aromatic nitrogens is 1. The molecule has 6 N–H and O–H groups in total. The van der Waals surface area contributed by atoms with Crippen LogP contribution in [-0.2, 0) is 4.79 Å². The predicted octanol–water partition coefficient (Wildman–Crippen LogP) is 4.30. The lowest BCUT2D eigenvalue weighted by Crippen LogP contribution is -2.63. The van der Waals surface area contributed by atoms with Gasteiger partial charge in [-0.2, -0.15) is 10.5 Å². The van der Waals surface area contributed by atoms with Gasteiger partial charge in [0.2, 0.25) is 5.91 Å². The maximum atomic E-state index is 13.9. The Bertz CT molecular complexity index is 1610. The Morgan fingerprint density at radius 1 is 1.20 bits per heavy atom. The molecular formula is C30H32FN9O. The highest BCUT2D eigenvalue weighted by molar-refractivity contribution is 5.99. The van der Waals surface area contributed by atoms with Crippen LogP contribution in [0.2, 0.25) is 0 Å². The number of pyridine rings is 1. The molecule has 1 amide bonds. The number of halogens is 1. The quantitative estimate of drug-likeness (QED) is 0.274. The van der Waals surface area contributed by atoms with E-state index < -0.39 is 17.5 Å². The van der Waals surface area contributed by atoms with Gasteiger partial charge < -0.3 is 21.8 Å². The van der Waals surface area contributed by atoms with Crippen LogP contribution in [0.25, 0.3) is 10.9 Å². The number of carbonyl (C=O) groups is 1. The van der Waals surface area contributed by atoms with Gasteiger partial charge in [-0.1, -0.05) is 32.9 Å². The van der Waals surface area contributed by atoms with Crippen molar-refractivity contribution >= 4 is 28.2 Å². The number of primary amides is 1. The molecule has 0 unspecified atom stereocenters. The van der Waals surface area contributed by atoms with Crippen molar-refractivity contribution in [3.05, 3.63) is 77.0 Å². The number of nitriles is 2. The fraction of sp³-hybridized carbons (Fsp3) is 0.333. The Balaban J connectivity index is 1.59. The Hall–Kier alpha value is -4.87. The second kappa shape index (κ2) is 10.6. The molecule has 41 heavy (non-hydrogen) atoms. The first-order valence-corrected chi connectivity index (χ1v) is 13.4. The molecular weight excluding hydrogens is 521 g/mol. The summed E-state index contributed by atoms with van der Waals surface area (Å²) in [5.74, 6) is -0.781. The zero-order chi connectivity index (χ0) is 29.4. The first kappa shape index (κ1) is 27.7. The molecule has 10 nitrogen and oxygen atoms in total. The van der Waals surface area contributed by atoms with E-state index in [0.29, 0.717) is 58.5 Å². The van der Waals surface area contributed by atoms with E-state index in [9.17, 15) is 19.7 Å². The lowest BCUT2D eigenvalue weighted by Gasteiger charge is -2.44. The van der Waals surface area contributed by atoms with Crippen LogP contribution in [0.15, 0.2) is 54.5 Å². The van der Waals surface area contributed by atoms with Crippen LogP contribution >= 0.6 is 0 Å². The second-order valence-corrected chi connectivity index (χ2v) is 11.7. The number of rotatable bonds is 8. The highest BCUT2D eigenvalue weighted by atomic mass is 19.1. The minimum absolute atomic E-state index is 0.0634. The first-order chi connectivity index (χ1) is 19.5. The van der Waals surface area contributed by atoms with E-state index >= 15 is 0 Å². The number of nitrogens with two attached hydrogens (primary N) is 1. The molecule has 0 saturated heterocycles. The molecule has 2 aromatic carbocycles. The van der Waals surface area contributed by atoms with Gasteiger partial charge in [-0.05, 0) is 54.5 Å². The molecule has 2 heterocycles. The van der Waals surface area contributed by atoms with Gasteiger partial charge in [0.25, 0.3) is 0 Å². The molecule has 3 aromatic rings. The number of hydrogen-bond acceptors (Lipinski definition) is 9. The summed E-state index contributed by atoms with van der Waals surface area (Å²) in [5.41, 5.74) is 14.8. The Morgan fingerprint density at radius 3 is 2.49 bits per heavy atom. The van der Waals surface area contributed by atoms with Crippen molar-refractivity contribution in [1.29, 1.82) is 10.5 Å². The molecule has 0 radical (unpaired) electrons. The Labute approximate surface area is 238 Å². The Kier molecular flexibility index (Phi) is 7.16. The van der Waals surface area contributed by atoms with Crippen molar-refractivity contribution < 1.29 is 9.18 Å². The summed E-state index contributed by atoms with van der Waals surface area (Å²) in [7, 11) is 0. The van der Waals surface area contributed by atoms with E-state index in [4.69, 9.17) is 5.73 Å². The summed E-state index contributed by atoms with van der Waals surface area (Å²) in [6, 6.07) is 13.5. The number of fused-ring (bicyclic) bond motifs is 1. The van der Waals surface area contributed by atoms with E-state index in [2.05, 4.69) is 59.5 Å². The monoisotopic (exact) mass is 553 g/mol. The van der Waals surface area contributed by atoms with E-state index in [1.807, 2.05) is 6.07 Å². The van der Waals surface area contributed by atoms with Crippen molar-refractivity contribution in [3.8, 4) is 12.1 Å². The standard InChI is InChI=1S/C30H32FN9O/c1-29(2,3)17-36-26-20(14-33)15-35-25-19(13-32)11-22(12-23(25)26)37-27(18-5-7-21(31)8-6-18)24-16-40(39-38-24)30(28(34)41)9-4-10-30/h5-8,11-12,15-16,27,37-39H,4,9-10,17H2,1-3H3,(H2,34,41)(H,35,36)/t27-/m0/s1. The number of benzene rings is 2. The first-order valence-electron chi connectivity index (χ1n) is 13.4. The van der Waals surface area contributed by atoms with E-state index in [-0.39, 0.29) is 11.2 Å². The number of amides is 1. The number of hydrazine groups is 2. The van der Waals surface area contributed by atoms with Gasteiger partial charge in [-0.15, -0.1) is 5.53 Å². The topological polar surface area (TPSA) is 155 Å². The van der Waals surface area contributed by atoms with Crippen LogP contribution in [-0.4, -0.2) is 28.0 Å². The minimum atomic E-state index is -0.827.